The van der Waals surface area contributed by atoms with Crippen LogP contribution in [0.4, 0.5) is 18.9 Å². The number of carbonyl (C=O) groups excluding carboxylic acids is 1. The predicted molar refractivity (Wildman–Crippen MR) is 79.5 cm³/mol. The van der Waals surface area contributed by atoms with Gasteiger partial charge in [0.1, 0.15) is 0 Å². The zero-order chi connectivity index (χ0) is 16.2. The van der Waals surface area contributed by atoms with Crippen molar-refractivity contribution in [2.24, 2.45) is 5.92 Å². The molecule has 1 heterocycles. The lowest BCUT2D eigenvalue weighted by Gasteiger charge is -2.30. The lowest BCUT2D eigenvalue weighted by Crippen LogP contribution is -2.38. The van der Waals surface area contributed by atoms with E-state index in [4.69, 9.17) is 0 Å². The van der Waals surface area contributed by atoms with E-state index in [9.17, 15) is 18.0 Å². The highest BCUT2D eigenvalue weighted by Crippen LogP contribution is 2.30. The molecule has 1 saturated heterocycles. The third-order valence-corrected chi connectivity index (χ3v) is 3.99. The number of piperidine rings is 1. The van der Waals surface area contributed by atoms with Gasteiger partial charge in [-0.25, -0.2) is 0 Å². The Kier molecular flexibility index (Phi) is 5.32. The monoisotopic (exact) mass is 314 g/mol. The van der Waals surface area contributed by atoms with Crippen LogP contribution in [0.3, 0.4) is 0 Å². The molecule has 22 heavy (non-hydrogen) atoms. The van der Waals surface area contributed by atoms with Gasteiger partial charge in [0.25, 0.3) is 0 Å². The van der Waals surface area contributed by atoms with E-state index in [1.807, 2.05) is 4.90 Å². The number of amides is 1. The third kappa shape index (κ3) is 4.64. The Bertz CT molecular complexity index is 508. The topological polar surface area (TPSA) is 32.3 Å². The Balaban J connectivity index is 1.80. The quantitative estimate of drug-likeness (QED) is 0.917. The SMILES string of the molecule is CC1CCN(C(=O)CCNc2cccc(C(F)(F)F)c2)CC1. The number of benzene rings is 1. The van der Waals surface area contributed by atoms with Gasteiger partial charge in [-0.15, -0.1) is 0 Å². The lowest BCUT2D eigenvalue weighted by molar-refractivity contribution is -0.137. The zero-order valence-electron chi connectivity index (χ0n) is 12.6. The highest BCUT2D eigenvalue weighted by atomic mass is 19.4. The lowest BCUT2D eigenvalue weighted by atomic mass is 9.99. The minimum atomic E-state index is -4.35. The highest BCUT2D eigenvalue weighted by molar-refractivity contribution is 5.76. The normalized spacial score (nSPS) is 16.6. The summed E-state index contributed by atoms with van der Waals surface area (Å²) < 4.78 is 37.8. The van der Waals surface area contributed by atoms with Crippen LogP contribution in [0, 0.1) is 5.92 Å². The first-order valence-electron chi connectivity index (χ1n) is 7.55. The highest BCUT2D eigenvalue weighted by Gasteiger charge is 2.30. The molecule has 1 aliphatic heterocycles. The molecule has 1 aromatic rings. The van der Waals surface area contributed by atoms with Crippen molar-refractivity contribution in [2.75, 3.05) is 25.0 Å². The summed E-state index contributed by atoms with van der Waals surface area (Å²) in [5.74, 6) is 0.721. The van der Waals surface area contributed by atoms with Gasteiger partial charge in [-0.2, -0.15) is 13.2 Å². The number of anilines is 1. The van der Waals surface area contributed by atoms with Crippen LogP contribution in [0.15, 0.2) is 24.3 Å². The van der Waals surface area contributed by atoms with Gasteiger partial charge >= 0.3 is 6.18 Å². The molecular formula is C16H21F3N2O. The van der Waals surface area contributed by atoms with Crippen molar-refractivity contribution in [2.45, 2.75) is 32.4 Å². The number of likely N-dealkylation sites (tertiary alicyclic amines) is 1. The number of nitrogens with zero attached hydrogens (tertiary/aromatic N) is 1. The smallest absolute Gasteiger partial charge is 0.385 e. The van der Waals surface area contributed by atoms with Gasteiger partial charge in [-0.1, -0.05) is 13.0 Å². The molecule has 1 amide bonds. The molecule has 1 aliphatic rings. The summed E-state index contributed by atoms with van der Waals surface area (Å²) >= 11 is 0. The molecule has 0 radical (unpaired) electrons. The van der Waals surface area contributed by atoms with Crippen molar-refractivity contribution >= 4 is 11.6 Å². The first-order chi connectivity index (χ1) is 10.4. The van der Waals surface area contributed by atoms with Crippen molar-refractivity contribution in [3.8, 4) is 0 Å². The first-order valence-corrected chi connectivity index (χ1v) is 7.55. The van der Waals surface area contributed by atoms with Gasteiger partial charge in [0.15, 0.2) is 0 Å². The molecule has 0 spiro atoms. The minimum absolute atomic E-state index is 0.0615. The second kappa shape index (κ2) is 7.03. The number of nitrogens with one attached hydrogen (secondary N) is 1. The fourth-order valence-corrected chi connectivity index (χ4v) is 2.54. The van der Waals surface area contributed by atoms with Gasteiger partial charge in [0.2, 0.25) is 5.91 Å². The van der Waals surface area contributed by atoms with E-state index < -0.39 is 11.7 Å². The maximum atomic E-state index is 12.6. The van der Waals surface area contributed by atoms with Crippen LogP contribution in [0.2, 0.25) is 0 Å². The van der Waals surface area contributed by atoms with E-state index in [-0.39, 0.29) is 5.91 Å². The number of carbonyl (C=O) groups is 1. The fourth-order valence-electron chi connectivity index (χ4n) is 2.54. The van der Waals surface area contributed by atoms with Gasteiger partial charge in [0.05, 0.1) is 5.56 Å². The second-order valence-electron chi connectivity index (χ2n) is 5.82. The number of hydrogen-bond donors (Lipinski definition) is 1. The molecule has 0 bridgehead atoms. The maximum absolute atomic E-state index is 12.6. The molecule has 0 atom stereocenters. The summed E-state index contributed by atoms with van der Waals surface area (Å²) in [6, 6.07) is 5.03. The molecular weight excluding hydrogens is 293 g/mol. The van der Waals surface area contributed by atoms with Crippen molar-refractivity contribution in [1.29, 1.82) is 0 Å². The van der Waals surface area contributed by atoms with Crippen LogP contribution in [0.1, 0.15) is 31.7 Å². The first kappa shape index (κ1) is 16.6. The molecule has 0 unspecified atom stereocenters. The number of hydrogen-bond acceptors (Lipinski definition) is 2. The van der Waals surface area contributed by atoms with Crippen molar-refractivity contribution in [1.82, 2.24) is 4.90 Å². The Morgan fingerprint density at radius 3 is 2.64 bits per heavy atom. The maximum Gasteiger partial charge on any atom is 0.416 e. The summed E-state index contributed by atoms with van der Waals surface area (Å²) in [5, 5.41) is 2.89. The van der Waals surface area contributed by atoms with Gasteiger partial charge < -0.3 is 10.2 Å². The van der Waals surface area contributed by atoms with E-state index in [1.165, 1.54) is 6.07 Å². The number of alkyl halides is 3. The molecule has 1 aromatic carbocycles. The molecule has 2 rings (SSSR count). The van der Waals surface area contributed by atoms with Gasteiger partial charge in [0, 0.05) is 31.7 Å². The molecule has 0 aromatic heterocycles. The van der Waals surface area contributed by atoms with Crippen LogP contribution in [-0.2, 0) is 11.0 Å². The fraction of sp³-hybridized carbons (Fsp3) is 0.562. The molecule has 3 nitrogen and oxygen atoms in total. The van der Waals surface area contributed by atoms with Crippen molar-refractivity contribution in [3.63, 3.8) is 0 Å². The minimum Gasteiger partial charge on any atom is -0.385 e. The summed E-state index contributed by atoms with van der Waals surface area (Å²) in [6.45, 7) is 4.08. The average molecular weight is 314 g/mol. The van der Waals surface area contributed by atoms with Crippen LogP contribution in [0.25, 0.3) is 0 Å². The van der Waals surface area contributed by atoms with Crippen molar-refractivity contribution < 1.29 is 18.0 Å². The molecule has 1 N–H and O–H groups in total. The van der Waals surface area contributed by atoms with Crippen LogP contribution >= 0.6 is 0 Å². The summed E-state index contributed by atoms with van der Waals surface area (Å²) in [7, 11) is 0. The zero-order valence-corrected chi connectivity index (χ0v) is 12.6. The molecule has 0 saturated carbocycles. The largest absolute Gasteiger partial charge is 0.416 e. The summed E-state index contributed by atoms with van der Waals surface area (Å²) in [6.07, 6.45) is -2.01. The molecule has 122 valence electrons. The standard InChI is InChI=1S/C16H21F3N2O/c1-12-6-9-21(10-7-12)15(22)5-8-20-14-4-2-3-13(11-14)16(17,18)19/h2-4,11-12,20H,5-10H2,1H3. The summed E-state index contributed by atoms with van der Waals surface area (Å²) in [4.78, 5) is 13.9. The van der Waals surface area contributed by atoms with E-state index in [2.05, 4.69) is 12.2 Å². The number of rotatable bonds is 4. The molecule has 6 heteroatoms. The predicted octanol–water partition coefficient (Wildman–Crippen LogP) is 3.77. The van der Waals surface area contributed by atoms with Gasteiger partial charge in [-0.05, 0) is 37.0 Å². The summed E-state index contributed by atoms with van der Waals surface area (Å²) in [5.41, 5.74) is -0.302. The van der Waals surface area contributed by atoms with E-state index in [1.54, 1.807) is 6.07 Å². The van der Waals surface area contributed by atoms with E-state index in [0.717, 1.165) is 38.1 Å². The van der Waals surface area contributed by atoms with Crippen LogP contribution in [0.5, 0.6) is 0 Å². The van der Waals surface area contributed by atoms with E-state index in [0.29, 0.717) is 24.6 Å². The van der Waals surface area contributed by atoms with Crippen molar-refractivity contribution in [3.05, 3.63) is 29.8 Å². The second-order valence-corrected chi connectivity index (χ2v) is 5.82. The number of halogens is 3. The Labute approximate surface area is 128 Å². The van der Waals surface area contributed by atoms with Crippen LogP contribution < -0.4 is 5.32 Å². The van der Waals surface area contributed by atoms with E-state index >= 15 is 0 Å². The third-order valence-electron chi connectivity index (χ3n) is 3.99. The molecule has 1 fully saturated rings. The van der Waals surface area contributed by atoms with Crippen LogP contribution in [-0.4, -0.2) is 30.4 Å². The Morgan fingerprint density at radius 1 is 1.32 bits per heavy atom. The Hall–Kier alpha value is -1.72. The Morgan fingerprint density at radius 2 is 2.00 bits per heavy atom. The van der Waals surface area contributed by atoms with Gasteiger partial charge in [-0.3, -0.25) is 4.79 Å². The molecule has 0 aliphatic carbocycles. The average Bonchev–Trinajstić information content (AvgIpc) is 2.47.